The molecule has 2 aliphatic heterocycles. The molecule has 0 aliphatic carbocycles. The Kier molecular flexibility index (Phi) is 5.46. The zero-order valence-corrected chi connectivity index (χ0v) is 17.0. The van der Waals surface area contributed by atoms with E-state index in [4.69, 9.17) is 11.6 Å². The zero-order valence-electron chi connectivity index (χ0n) is 16.3. The molecule has 0 aromatic heterocycles. The van der Waals surface area contributed by atoms with Crippen LogP contribution in [0.1, 0.15) is 12.0 Å². The van der Waals surface area contributed by atoms with Crippen molar-refractivity contribution in [2.45, 2.75) is 13.3 Å². The first-order chi connectivity index (χ1) is 13.9. The lowest BCUT2D eigenvalue weighted by molar-refractivity contribution is -0.136. The molecule has 2 fully saturated rings. The minimum atomic E-state index is -0.445. The van der Waals surface area contributed by atoms with Gasteiger partial charge in [0, 0.05) is 49.9 Å². The number of halogens is 2. The van der Waals surface area contributed by atoms with Gasteiger partial charge in [0.2, 0.25) is 11.8 Å². The van der Waals surface area contributed by atoms with E-state index in [9.17, 15) is 14.0 Å². The number of amides is 2. The van der Waals surface area contributed by atoms with E-state index in [1.54, 1.807) is 18.2 Å². The monoisotopic (exact) mass is 415 g/mol. The zero-order chi connectivity index (χ0) is 20.5. The third kappa shape index (κ3) is 3.94. The number of piperazine rings is 1. The Morgan fingerprint density at radius 1 is 1.07 bits per heavy atom. The van der Waals surface area contributed by atoms with Gasteiger partial charge in [-0.3, -0.25) is 9.59 Å². The Hall–Kier alpha value is -2.60. The van der Waals surface area contributed by atoms with E-state index in [2.05, 4.69) is 4.90 Å². The van der Waals surface area contributed by atoms with Gasteiger partial charge in [-0.2, -0.15) is 0 Å². The number of para-hydroxylation sites is 1. The highest BCUT2D eigenvalue weighted by Crippen LogP contribution is 2.29. The predicted octanol–water partition coefficient (Wildman–Crippen LogP) is 3.49. The average molecular weight is 416 g/mol. The smallest absolute Gasteiger partial charge is 0.228 e. The molecular formula is C22H23ClFN3O2. The highest BCUT2D eigenvalue weighted by atomic mass is 35.5. The van der Waals surface area contributed by atoms with Crippen LogP contribution in [0, 0.1) is 18.7 Å². The first-order valence-corrected chi connectivity index (χ1v) is 10.2. The predicted molar refractivity (Wildman–Crippen MR) is 112 cm³/mol. The van der Waals surface area contributed by atoms with Gasteiger partial charge in [0.05, 0.1) is 11.6 Å². The molecule has 7 heteroatoms. The molecule has 0 bridgehead atoms. The molecule has 1 atom stereocenters. The molecule has 152 valence electrons. The van der Waals surface area contributed by atoms with E-state index in [1.807, 2.05) is 30.0 Å². The van der Waals surface area contributed by atoms with E-state index in [0.717, 1.165) is 11.3 Å². The third-order valence-corrected chi connectivity index (χ3v) is 5.96. The summed E-state index contributed by atoms with van der Waals surface area (Å²) in [5.74, 6) is -1.11. The molecule has 2 saturated heterocycles. The molecule has 4 rings (SSSR count). The molecule has 2 heterocycles. The fourth-order valence-electron chi connectivity index (χ4n) is 4.13. The molecule has 0 unspecified atom stereocenters. The van der Waals surface area contributed by atoms with E-state index >= 15 is 0 Å². The number of aryl methyl sites for hydroxylation is 1. The normalized spacial score (nSPS) is 19.8. The Morgan fingerprint density at radius 3 is 2.52 bits per heavy atom. The van der Waals surface area contributed by atoms with Gasteiger partial charge in [0.25, 0.3) is 0 Å². The van der Waals surface area contributed by atoms with Gasteiger partial charge in [-0.1, -0.05) is 29.8 Å². The van der Waals surface area contributed by atoms with Gasteiger partial charge in [0.1, 0.15) is 5.82 Å². The number of benzene rings is 2. The number of nitrogens with zero attached hydrogens (tertiary/aromatic N) is 3. The van der Waals surface area contributed by atoms with Crippen molar-refractivity contribution in [3.05, 3.63) is 58.9 Å². The van der Waals surface area contributed by atoms with Crippen LogP contribution in [0.3, 0.4) is 0 Å². The number of carbonyl (C=O) groups is 2. The van der Waals surface area contributed by atoms with Gasteiger partial charge in [-0.05, 0) is 36.8 Å². The summed E-state index contributed by atoms with van der Waals surface area (Å²) in [6, 6.07) is 12.0. The fraction of sp³-hybridized carbons (Fsp3) is 0.364. The summed E-state index contributed by atoms with van der Waals surface area (Å²) >= 11 is 6.14. The van der Waals surface area contributed by atoms with Gasteiger partial charge >= 0.3 is 0 Å². The summed E-state index contributed by atoms with van der Waals surface area (Å²) in [6.45, 7) is 4.89. The average Bonchev–Trinajstić information content (AvgIpc) is 3.11. The maximum atomic E-state index is 14.1. The highest BCUT2D eigenvalue weighted by Gasteiger charge is 2.38. The second kappa shape index (κ2) is 8.03. The van der Waals surface area contributed by atoms with Gasteiger partial charge in [0.15, 0.2) is 0 Å². The first-order valence-electron chi connectivity index (χ1n) is 9.79. The van der Waals surface area contributed by atoms with Crippen LogP contribution in [0.2, 0.25) is 5.02 Å². The highest BCUT2D eigenvalue weighted by molar-refractivity contribution is 6.30. The summed E-state index contributed by atoms with van der Waals surface area (Å²) in [6.07, 6.45) is 0.126. The second-order valence-electron chi connectivity index (χ2n) is 7.60. The van der Waals surface area contributed by atoms with Gasteiger partial charge in [-0.25, -0.2) is 4.39 Å². The molecule has 0 N–H and O–H groups in total. The molecule has 2 aromatic rings. The van der Waals surface area contributed by atoms with Crippen molar-refractivity contribution in [1.82, 2.24) is 4.90 Å². The van der Waals surface area contributed by atoms with Crippen molar-refractivity contribution in [2.75, 3.05) is 42.5 Å². The Balaban J connectivity index is 1.39. The molecule has 29 heavy (non-hydrogen) atoms. The van der Waals surface area contributed by atoms with Crippen molar-refractivity contribution in [2.24, 2.45) is 5.92 Å². The SMILES string of the molecule is Cc1ccc(Cl)cc1N1CCN(C(=O)[C@H]2CC(=O)N(c3ccccc3F)C2)CC1. The number of hydrogen-bond acceptors (Lipinski definition) is 3. The molecule has 0 spiro atoms. The van der Waals surface area contributed by atoms with E-state index in [-0.39, 0.29) is 30.5 Å². The lowest BCUT2D eigenvalue weighted by Crippen LogP contribution is -2.50. The lowest BCUT2D eigenvalue weighted by atomic mass is 10.1. The van der Waals surface area contributed by atoms with E-state index in [0.29, 0.717) is 31.2 Å². The van der Waals surface area contributed by atoms with Crippen LogP contribution in [0.15, 0.2) is 42.5 Å². The van der Waals surface area contributed by atoms with Crippen LogP contribution in [0.5, 0.6) is 0 Å². The van der Waals surface area contributed by atoms with Crippen molar-refractivity contribution in [3.63, 3.8) is 0 Å². The van der Waals surface area contributed by atoms with Crippen LogP contribution in [0.25, 0.3) is 0 Å². The first kappa shape index (κ1) is 19.7. The summed E-state index contributed by atoms with van der Waals surface area (Å²) in [5.41, 5.74) is 2.48. The number of rotatable bonds is 3. The molecule has 2 aromatic carbocycles. The molecular weight excluding hydrogens is 393 g/mol. The van der Waals surface area contributed by atoms with Crippen LogP contribution in [-0.2, 0) is 9.59 Å². The number of hydrogen-bond donors (Lipinski definition) is 0. The minimum Gasteiger partial charge on any atom is -0.368 e. The van der Waals surface area contributed by atoms with Crippen LogP contribution in [0.4, 0.5) is 15.8 Å². The Labute approximate surface area is 174 Å². The Morgan fingerprint density at radius 2 is 1.79 bits per heavy atom. The van der Waals surface area contributed by atoms with Gasteiger partial charge < -0.3 is 14.7 Å². The minimum absolute atomic E-state index is 0.0281. The van der Waals surface area contributed by atoms with Crippen molar-refractivity contribution >= 4 is 34.8 Å². The quantitative estimate of drug-likeness (QED) is 0.770. The molecule has 5 nitrogen and oxygen atoms in total. The summed E-state index contributed by atoms with van der Waals surface area (Å²) in [5, 5.41) is 0.696. The summed E-state index contributed by atoms with van der Waals surface area (Å²) in [4.78, 5) is 30.8. The van der Waals surface area contributed by atoms with Crippen molar-refractivity contribution in [1.29, 1.82) is 0 Å². The maximum Gasteiger partial charge on any atom is 0.228 e. The molecule has 2 aliphatic rings. The number of anilines is 2. The maximum absolute atomic E-state index is 14.1. The lowest BCUT2D eigenvalue weighted by Gasteiger charge is -2.37. The van der Waals surface area contributed by atoms with E-state index in [1.165, 1.54) is 11.0 Å². The molecule has 2 amide bonds. The standard InChI is InChI=1S/C22H23ClFN3O2/c1-15-6-7-17(23)13-20(15)25-8-10-26(11-9-25)22(29)16-12-21(28)27(14-16)19-5-3-2-4-18(19)24/h2-7,13,16H,8-12,14H2,1H3/t16-/m0/s1. The summed E-state index contributed by atoms with van der Waals surface area (Å²) in [7, 11) is 0. The second-order valence-corrected chi connectivity index (χ2v) is 8.04. The van der Waals surface area contributed by atoms with Crippen molar-refractivity contribution in [3.8, 4) is 0 Å². The fourth-order valence-corrected chi connectivity index (χ4v) is 4.29. The Bertz CT molecular complexity index is 943. The van der Waals surface area contributed by atoms with Crippen molar-refractivity contribution < 1.29 is 14.0 Å². The van der Waals surface area contributed by atoms with Crippen LogP contribution >= 0.6 is 11.6 Å². The largest absolute Gasteiger partial charge is 0.368 e. The molecule has 0 saturated carbocycles. The van der Waals surface area contributed by atoms with E-state index < -0.39 is 11.7 Å². The molecule has 0 radical (unpaired) electrons. The summed E-state index contributed by atoms with van der Waals surface area (Å²) < 4.78 is 14.1. The van der Waals surface area contributed by atoms with Crippen LogP contribution in [-0.4, -0.2) is 49.4 Å². The third-order valence-electron chi connectivity index (χ3n) is 5.72. The van der Waals surface area contributed by atoms with Gasteiger partial charge in [-0.15, -0.1) is 0 Å². The number of carbonyl (C=O) groups excluding carboxylic acids is 2. The topological polar surface area (TPSA) is 43.9 Å². The van der Waals surface area contributed by atoms with Crippen LogP contribution < -0.4 is 9.80 Å².